The van der Waals surface area contributed by atoms with Crippen molar-refractivity contribution in [2.45, 2.75) is 24.8 Å². The van der Waals surface area contributed by atoms with Crippen LogP contribution in [0.25, 0.3) is 0 Å². The van der Waals surface area contributed by atoms with Gasteiger partial charge in [-0.25, -0.2) is 4.39 Å². The summed E-state index contributed by atoms with van der Waals surface area (Å²) in [6, 6.07) is 12.7. The van der Waals surface area contributed by atoms with Crippen LogP contribution in [-0.4, -0.2) is 6.61 Å². The second-order valence-electron chi connectivity index (χ2n) is 5.35. The molecule has 2 aromatic carbocycles. The Bertz CT molecular complexity index is 626. The maximum atomic E-state index is 14.0. The molecule has 0 amide bonds. The Kier molecular flexibility index (Phi) is 4.27. The summed E-state index contributed by atoms with van der Waals surface area (Å²) < 4.78 is 20.4. The first-order chi connectivity index (χ1) is 10.2. The Labute approximate surface area is 132 Å². The van der Waals surface area contributed by atoms with Gasteiger partial charge in [0.1, 0.15) is 11.6 Å². The van der Waals surface area contributed by atoms with Gasteiger partial charge in [-0.05, 0) is 42.5 Å². The van der Waals surface area contributed by atoms with Crippen molar-refractivity contribution in [2.24, 2.45) is 5.73 Å². The Balaban J connectivity index is 1.85. The Hall–Kier alpha value is -1.39. The summed E-state index contributed by atoms with van der Waals surface area (Å²) in [5.74, 6) is 0.974. The molecule has 1 aliphatic heterocycles. The maximum absolute atomic E-state index is 14.0. The zero-order valence-electron chi connectivity index (χ0n) is 11.6. The molecule has 0 spiro atoms. The fourth-order valence-corrected chi connectivity index (χ4v) is 3.59. The number of rotatable bonds is 3. The summed E-state index contributed by atoms with van der Waals surface area (Å²) in [6.45, 7) is 0.687. The van der Waals surface area contributed by atoms with Crippen LogP contribution in [0, 0.1) is 5.82 Å². The summed E-state index contributed by atoms with van der Waals surface area (Å²) >= 11 is 3.40. The highest BCUT2D eigenvalue weighted by Crippen LogP contribution is 2.39. The van der Waals surface area contributed by atoms with E-state index in [2.05, 4.69) is 22.0 Å². The number of ether oxygens (including phenoxy) is 1. The number of fused-ring (bicyclic) bond motifs is 1. The number of benzene rings is 2. The van der Waals surface area contributed by atoms with Gasteiger partial charge in [-0.15, -0.1) is 0 Å². The van der Waals surface area contributed by atoms with E-state index in [1.165, 1.54) is 11.6 Å². The predicted molar refractivity (Wildman–Crippen MR) is 84.9 cm³/mol. The summed E-state index contributed by atoms with van der Waals surface area (Å²) in [4.78, 5) is 0. The van der Waals surface area contributed by atoms with E-state index >= 15 is 0 Å². The molecule has 0 fully saturated rings. The molecule has 2 aromatic rings. The minimum absolute atomic E-state index is 0.253. The van der Waals surface area contributed by atoms with Crippen molar-refractivity contribution in [3.8, 4) is 5.75 Å². The third-order valence-electron chi connectivity index (χ3n) is 3.99. The van der Waals surface area contributed by atoms with Crippen LogP contribution >= 0.6 is 15.9 Å². The van der Waals surface area contributed by atoms with Crippen molar-refractivity contribution in [2.75, 3.05) is 6.61 Å². The molecular formula is C17H17BrFNO. The number of hydrogen-bond donors (Lipinski definition) is 1. The van der Waals surface area contributed by atoms with Crippen LogP contribution < -0.4 is 10.5 Å². The van der Waals surface area contributed by atoms with Gasteiger partial charge in [0.15, 0.2) is 0 Å². The van der Waals surface area contributed by atoms with Crippen molar-refractivity contribution in [1.29, 1.82) is 0 Å². The summed E-state index contributed by atoms with van der Waals surface area (Å²) in [5, 5.41) is 0. The molecule has 110 valence electrons. The van der Waals surface area contributed by atoms with E-state index < -0.39 is 0 Å². The highest BCUT2D eigenvalue weighted by molar-refractivity contribution is 9.10. The molecule has 0 aromatic heterocycles. The first-order valence-corrected chi connectivity index (χ1v) is 7.87. The lowest BCUT2D eigenvalue weighted by molar-refractivity contribution is 0.258. The molecule has 2 N–H and O–H groups in total. The molecular weight excluding hydrogens is 333 g/mol. The predicted octanol–water partition coefficient (Wildman–Crippen LogP) is 4.54. The average Bonchev–Trinajstić information content (AvgIpc) is 2.47. The number of para-hydroxylation sites is 1. The van der Waals surface area contributed by atoms with Gasteiger partial charge in [-0.2, -0.15) is 0 Å². The Morgan fingerprint density at radius 1 is 1.24 bits per heavy atom. The lowest BCUT2D eigenvalue weighted by atomic mass is 9.86. The second-order valence-corrected chi connectivity index (χ2v) is 6.20. The van der Waals surface area contributed by atoms with Crippen LogP contribution in [0.5, 0.6) is 5.75 Å². The van der Waals surface area contributed by atoms with E-state index in [9.17, 15) is 4.39 Å². The zero-order valence-corrected chi connectivity index (χ0v) is 13.1. The average molecular weight is 350 g/mol. The molecule has 2 nitrogen and oxygen atoms in total. The van der Waals surface area contributed by atoms with Crippen molar-refractivity contribution in [3.05, 3.63) is 63.9 Å². The van der Waals surface area contributed by atoms with Gasteiger partial charge in [-0.1, -0.05) is 40.2 Å². The smallest absolute Gasteiger partial charge is 0.129 e. The van der Waals surface area contributed by atoms with Gasteiger partial charge in [0, 0.05) is 16.1 Å². The molecule has 0 saturated carbocycles. The van der Waals surface area contributed by atoms with E-state index in [1.807, 2.05) is 24.3 Å². The van der Waals surface area contributed by atoms with Gasteiger partial charge in [0.25, 0.3) is 0 Å². The largest absolute Gasteiger partial charge is 0.493 e. The Morgan fingerprint density at radius 2 is 2.05 bits per heavy atom. The SMILES string of the molecule is NC(CC1CCOc2ccccc21)c1c(F)cccc1Br. The van der Waals surface area contributed by atoms with E-state index in [0.29, 0.717) is 24.5 Å². The molecule has 2 unspecified atom stereocenters. The zero-order chi connectivity index (χ0) is 14.8. The van der Waals surface area contributed by atoms with Crippen LogP contribution in [0.3, 0.4) is 0 Å². The topological polar surface area (TPSA) is 35.2 Å². The van der Waals surface area contributed by atoms with Crippen molar-refractivity contribution < 1.29 is 9.13 Å². The lowest BCUT2D eigenvalue weighted by Gasteiger charge is -2.28. The highest BCUT2D eigenvalue weighted by atomic mass is 79.9. The van der Waals surface area contributed by atoms with Crippen molar-refractivity contribution in [1.82, 2.24) is 0 Å². The van der Waals surface area contributed by atoms with Gasteiger partial charge >= 0.3 is 0 Å². The monoisotopic (exact) mass is 349 g/mol. The fourth-order valence-electron chi connectivity index (χ4n) is 2.95. The molecule has 0 radical (unpaired) electrons. The summed E-state index contributed by atoms with van der Waals surface area (Å²) in [5.41, 5.74) is 8.00. The van der Waals surface area contributed by atoms with Crippen LogP contribution in [0.4, 0.5) is 4.39 Å². The molecule has 2 atom stereocenters. The summed E-state index contributed by atoms with van der Waals surface area (Å²) in [6.07, 6.45) is 1.62. The van der Waals surface area contributed by atoms with E-state index in [1.54, 1.807) is 6.07 Å². The fraction of sp³-hybridized carbons (Fsp3) is 0.294. The number of hydrogen-bond acceptors (Lipinski definition) is 2. The molecule has 0 saturated heterocycles. The molecule has 1 heterocycles. The van der Waals surface area contributed by atoms with Gasteiger partial charge in [0.05, 0.1) is 6.61 Å². The third kappa shape index (κ3) is 2.97. The van der Waals surface area contributed by atoms with Gasteiger partial charge < -0.3 is 10.5 Å². The van der Waals surface area contributed by atoms with E-state index in [4.69, 9.17) is 10.5 Å². The molecule has 3 rings (SSSR count). The van der Waals surface area contributed by atoms with Crippen molar-refractivity contribution in [3.63, 3.8) is 0 Å². The number of nitrogens with two attached hydrogens (primary N) is 1. The van der Waals surface area contributed by atoms with Gasteiger partial charge in [0.2, 0.25) is 0 Å². The van der Waals surface area contributed by atoms with Gasteiger partial charge in [-0.3, -0.25) is 0 Å². The first kappa shape index (κ1) is 14.5. The number of halogens is 2. The minimum atomic E-state index is -0.336. The molecule has 21 heavy (non-hydrogen) atoms. The van der Waals surface area contributed by atoms with Crippen LogP contribution in [0.2, 0.25) is 0 Å². The van der Waals surface area contributed by atoms with E-state index in [-0.39, 0.29) is 11.9 Å². The second kappa shape index (κ2) is 6.16. The van der Waals surface area contributed by atoms with E-state index in [0.717, 1.165) is 16.6 Å². The van der Waals surface area contributed by atoms with Crippen LogP contribution in [0.15, 0.2) is 46.9 Å². The molecule has 4 heteroatoms. The molecule has 0 bridgehead atoms. The van der Waals surface area contributed by atoms with Crippen LogP contribution in [-0.2, 0) is 0 Å². The molecule has 0 aliphatic carbocycles. The van der Waals surface area contributed by atoms with Crippen molar-refractivity contribution >= 4 is 15.9 Å². The summed E-state index contributed by atoms with van der Waals surface area (Å²) in [7, 11) is 0. The Morgan fingerprint density at radius 3 is 2.86 bits per heavy atom. The molecule has 1 aliphatic rings. The lowest BCUT2D eigenvalue weighted by Crippen LogP contribution is -2.21. The standard InChI is InChI=1S/C17H17BrFNO/c18-13-5-3-6-14(19)17(13)15(20)10-11-8-9-21-16-7-2-1-4-12(11)16/h1-7,11,15H,8-10,20H2. The normalized spacial score (nSPS) is 18.7. The third-order valence-corrected chi connectivity index (χ3v) is 4.68. The highest BCUT2D eigenvalue weighted by Gasteiger charge is 2.25. The first-order valence-electron chi connectivity index (χ1n) is 7.08. The quantitative estimate of drug-likeness (QED) is 0.882. The van der Waals surface area contributed by atoms with Crippen LogP contribution in [0.1, 0.15) is 35.9 Å². The maximum Gasteiger partial charge on any atom is 0.129 e. The minimum Gasteiger partial charge on any atom is -0.493 e.